The van der Waals surface area contributed by atoms with Gasteiger partial charge in [0.1, 0.15) is 5.75 Å². The summed E-state index contributed by atoms with van der Waals surface area (Å²) in [5.41, 5.74) is 1.29. The molecule has 104 valence electrons. The number of amides is 1. The molecule has 1 unspecified atom stereocenters. The molecule has 1 aromatic carbocycles. The van der Waals surface area contributed by atoms with Crippen LogP contribution in [0.25, 0.3) is 0 Å². The van der Waals surface area contributed by atoms with Gasteiger partial charge in [-0.25, -0.2) is 0 Å². The summed E-state index contributed by atoms with van der Waals surface area (Å²) in [5, 5.41) is 16.1. The minimum atomic E-state index is -0.201. The molecule has 1 aliphatic heterocycles. The molecule has 3 N–H and O–H groups in total. The van der Waals surface area contributed by atoms with E-state index in [1.54, 1.807) is 12.1 Å². The molecule has 1 amide bonds. The lowest BCUT2D eigenvalue weighted by atomic mass is 10.0. The minimum Gasteiger partial charge on any atom is -0.507 e. The summed E-state index contributed by atoms with van der Waals surface area (Å²) in [4.78, 5) is 11.9. The third-order valence-corrected chi connectivity index (χ3v) is 3.59. The average Bonchev–Trinajstić information content (AvgIpc) is 2.39. The molecule has 19 heavy (non-hydrogen) atoms. The van der Waals surface area contributed by atoms with Gasteiger partial charge in [0.2, 0.25) is 0 Å². The fraction of sp³-hybridized carbons (Fsp3) is 0.533. The van der Waals surface area contributed by atoms with Crippen molar-refractivity contribution in [1.29, 1.82) is 0 Å². The van der Waals surface area contributed by atoms with Crippen LogP contribution < -0.4 is 10.6 Å². The number of aryl methyl sites for hydroxylation is 1. The Bertz CT molecular complexity index is 440. The summed E-state index contributed by atoms with van der Waals surface area (Å²) < 4.78 is 0. The maximum Gasteiger partial charge on any atom is 0.255 e. The van der Waals surface area contributed by atoms with E-state index in [-0.39, 0.29) is 11.7 Å². The number of nitrogens with one attached hydrogen (secondary N) is 2. The molecule has 0 aliphatic carbocycles. The smallest absolute Gasteiger partial charge is 0.255 e. The van der Waals surface area contributed by atoms with Crippen molar-refractivity contribution in [2.75, 3.05) is 13.1 Å². The van der Waals surface area contributed by atoms with Gasteiger partial charge in [0.15, 0.2) is 0 Å². The van der Waals surface area contributed by atoms with Gasteiger partial charge in [-0.1, -0.05) is 12.5 Å². The number of benzene rings is 1. The number of hydrogen-bond donors (Lipinski definition) is 3. The fourth-order valence-electron chi connectivity index (χ4n) is 2.46. The molecule has 0 saturated carbocycles. The Morgan fingerprint density at radius 3 is 3.00 bits per heavy atom. The van der Waals surface area contributed by atoms with E-state index in [1.807, 2.05) is 13.0 Å². The van der Waals surface area contributed by atoms with Crippen molar-refractivity contribution in [1.82, 2.24) is 10.6 Å². The lowest BCUT2D eigenvalue weighted by Gasteiger charge is -2.23. The van der Waals surface area contributed by atoms with Gasteiger partial charge in [0, 0.05) is 12.6 Å². The molecule has 1 saturated heterocycles. The Hall–Kier alpha value is -1.55. The molecule has 1 fully saturated rings. The van der Waals surface area contributed by atoms with Crippen molar-refractivity contribution in [3.63, 3.8) is 0 Å². The first-order valence-corrected chi connectivity index (χ1v) is 6.98. The second-order valence-corrected chi connectivity index (χ2v) is 5.21. The van der Waals surface area contributed by atoms with Crippen LogP contribution in [0.15, 0.2) is 18.2 Å². The predicted octanol–water partition coefficient (Wildman–Crippen LogP) is 1.96. The summed E-state index contributed by atoms with van der Waals surface area (Å²) in [6.45, 7) is 3.61. The van der Waals surface area contributed by atoms with Gasteiger partial charge < -0.3 is 15.7 Å². The van der Waals surface area contributed by atoms with Crippen molar-refractivity contribution in [2.45, 2.75) is 38.6 Å². The number of phenolic OH excluding ortho intramolecular Hbond substituents is 1. The van der Waals surface area contributed by atoms with Crippen LogP contribution in [0.4, 0.5) is 0 Å². The molecular formula is C15H22N2O2. The Morgan fingerprint density at radius 2 is 2.32 bits per heavy atom. The van der Waals surface area contributed by atoms with Gasteiger partial charge in [-0.3, -0.25) is 4.79 Å². The molecule has 2 rings (SSSR count). The molecule has 0 radical (unpaired) electrons. The molecule has 0 bridgehead atoms. The van der Waals surface area contributed by atoms with Gasteiger partial charge in [-0.2, -0.15) is 0 Å². The molecule has 0 spiro atoms. The van der Waals surface area contributed by atoms with Crippen molar-refractivity contribution in [3.05, 3.63) is 29.3 Å². The van der Waals surface area contributed by atoms with Crippen LogP contribution >= 0.6 is 0 Å². The zero-order valence-electron chi connectivity index (χ0n) is 11.4. The number of hydrogen-bond acceptors (Lipinski definition) is 3. The van der Waals surface area contributed by atoms with E-state index in [2.05, 4.69) is 10.6 Å². The number of phenols is 1. The Morgan fingerprint density at radius 1 is 1.47 bits per heavy atom. The van der Waals surface area contributed by atoms with Gasteiger partial charge in [-0.05, 0) is 50.4 Å². The van der Waals surface area contributed by atoms with Crippen molar-refractivity contribution in [3.8, 4) is 5.75 Å². The second-order valence-electron chi connectivity index (χ2n) is 5.21. The molecule has 0 aromatic heterocycles. The highest BCUT2D eigenvalue weighted by Gasteiger charge is 2.14. The quantitative estimate of drug-likeness (QED) is 0.777. The maximum atomic E-state index is 11.9. The highest BCUT2D eigenvalue weighted by Crippen LogP contribution is 2.18. The van der Waals surface area contributed by atoms with Gasteiger partial charge in [0.05, 0.1) is 5.56 Å². The zero-order chi connectivity index (χ0) is 13.7. The van der Waals surface area contributed by atoms with E-state index in [4.69, 9.17) is 0 Å². The van der Waals surface area contributed by atoms with Gasteiger partial charge >= 0.3 is 0 Å². The molecule has 1 aromatic rings. The van der Waals surface area contributed by atoms with Crippen LogP contribution in [-0.4, -0.2) is 30.1 Å². The number of carbonyl (C=O) groups is 1. The fourth-order valence-corrected chi connectivity index (χ4v) is 2.46. The third-order valence-electron chi connectivity index (χ3n) is 3.59. The predicted molar refractivity (Wildman–Crippen MR) is 75.4 cm³/mol. The lowest BCUT2D eigenvalue weighted by molar-refractivity contribution is 0.0949. The Kier molecular flexibility index (Phi) is 4.80. The molecule has 1 atom stereocenters. The van der Waals surface area contributed by atoms with Crippen molar-refractivity contribution in [2.24, 2.45) is 0 Å². The van der Waals surface area contributed by atoms with Crippen LogP contribution in [0.3, 0.4) is 0 Å². The summed E-state index contributed by atoms with van der Waals surface area (Å²) >= 11 is 0. The van der Waals surface area contributed by atoms with E-state index in [9.17, 15) is 9.90 Å². The van der Waals surface area contributed by atoms with Crippen molar-refractivity contribution >= 4 is 5.91 Å². The molecule has 1 heterocycles. The first-order valence-electron chi connectivity index (χ1n) is 6.98. The van der Waals surface area contributed by atoms with Crippen molar-refractivity contribution < 1.29 is 9.90 Å². The van der Waals surface area contributed by atoms with Crippen LogP contribution in [0.2, 0.25) is 0 Å². The van der Waals surface area contributed by atoms with E-state index < -0.39 is 0 Å². The average molecular weight is 262 g/mol. The molecule has 1 aliphatic rings. The minimum absolute atomic E-state index is 0.0493. The van der Waals surface area contributed by atoms with Gasteiger partial charge in [0.25, 0.3) is 5.91 Å². The van der Waals surface area contributed by atoms with E-state index in [0.29, 0.717) is 18.2 Å². The second kappa shape index (κ2) is 6.57. The van der Waals surface area contributed by atoms with E-state index in [1.165, 1.54) is 19.3 Å². The largest absolute Gasteiger partial charge is 0.507 e. The Balaban J connectivity index is 1.80. The highest BCUT2D eigenvalue weighted by molar-refractivity contribution is 5.96. The summed E-state index contributed by atoms with van der Waals surface area (Å²) in [6, 6.07) is 5.62. The van der Waals surface area contributed by atoms with E-state index >= 15 is 0 Å². The monoisotopic (exact) mass is 262 g/mol. The number of piperidine rings is 1. The van der Waals surface area contributed by atoms with Gasteiger partial charge in [-0.15, -0.1) is 0 Å². The first kappa shape index (κ1) is 13.9. The van der Waals surface area contributed by atoms with Crippen LogP contribution in [0.1, 0.15) is 41.6 Å². The number of carbonyl (C=O) groups excluding carboxylic acids is 1. The maximum absolute atomic E-state index is 11.9. The lowest BCUT2D eigenvalue weighted by Crippen LogP contribution is -2.37. The molecular weight excluding hydrogens is 240 g/mol. The molecule has 4 heteroatoms. The topological polar surface area (TPSA) is 61.4 Å². The summed E-state index contributed by atoms with van der Waals surface area (Å²) in [5.74, 6) is -0.151. The highest BCUT2D eigenvalue weighted by atomic mass is 16.3. The van der Waals surface area contributed by atoms with E-state index in [0.717, 1.165) is 18.5 Å². The normalized spacial score (nSPS) is 19.1. The zero-order valence-corrected chi connectivity index (χ0v) is 11.4. The number of rotatable bonds is 4. The number of aromatic hydroxyl groups is 1. The Labute approximate surface area is 114 Å². The summed E-state index contributed by atoms with van der Waals surface area (Å²) in [6.07, 6.45) is 4.65. The molecule has 4 nitrogen and oxygen atoms in total. The van der Waals surface area contributed by atoms with Crippen LogP contribution in [0, 0.1) is 6.92 Å². The van der Waals surface area contributed by atoms with Crippen LogP contribution in [0.5, 0.6) is 5.75 Å². The standard InChI is InChI=1S/C15H22N2O2/c1-11-5-6-13(14(18)10-11)15(19)17-9-7-12-4-2-3-8-16-12/h5-6,10,12,16,18H,2-4,7-9H2,1H3,(H,17,19). The third kappa shape index (κ3) is 3.96. The summed E-state index contributed by atoms with van der Waals surface area (Å²) in [7, 11) is 0. The first-order chi connectivity index (χ1) is 9.16. The SMILES string of the molecule is Cc1ccc(C(=O)NCCC2CCCCN2)c(O)c1. The van der Waals surface area contributed by atoms with Crippen LogP contribution in [-0.2, 0) is 0 Å².